The SMILES string of the molecule is Cc1nc(C(=O)NCCc2nnc(SCc3ccccc3C)n2-c2ccc(F)cc2)cs1. The number of nitrogens with one attached hydrogen (secondary N) is 1. The van der Waals surface area contributed by atoms with Crippen LogP contribution in [-0.4, -0.2) is 32.2 Å². The van der Waals surface area contributed by atoms with E-state index in [9.17, 15) is 9.18 Å². The number of carbonyl (C=O) groups is 1. The normalized spacial score (nSPS) is 11.0. The standard InChI is InChI=1S/C23H22FN5OS2/c1-15-5-3-4-6-17(15)13-32-23-28-27-21(29(23)19-9-7-18(24)8-10-19)11-12-25-22(30)20-14-31-16(2)26-20/h3-10,14H,11-13H2,1-2H3,(H,25,30). The number of nitrogens with zero attached hydrogens (tertiary/aromatic N) is 4. The molecule has 0 spiro atoms. The van der Waals surface area contributed by atoms with Gasteiger partial charge in [-0.1, -0.05) is 36.0 Å². The van der Waals surface area contributed by atoms with Crippen molar-refractivity contribution >= 4 is 29.0 Å². The van der Waals surface area contributed by atoms with E-state index in [-0.39, 0.29) is 11.7 Å². The van der Waals surface area contributed by atoms with Crippen LogP contribution in [0.3, 0.4) is 0 Å². The third-order valence-corrected chi connectivity index (χ3v) is 6.64. The molecule has 164 valence electrons. The molecule has 6 nitrogen and oxygen atoms in total. The van der Waals surface area contributed by atoms with Crippen LogP contribution in [0, 0.1) is 19.7 Å². The van der Waals surface area contributed by atoms with Crippen molar-refractivity contribution in [3.05, 3.63) is 87.4 Å². The Balaban J connectivity index is 1.51. The zero-order chi connectivity index (χ0) is 22.5. The highest BCUT2D eigenvalue weighted by Gasteiger charge is 2.16. The van der Waals surface area contributed by atoms with Crippen molar-refractivity contribution in [2.24, 2.45) is 0 Å². The molecule has 0 fully saturated rings. The zero-order valence-electron chi connectivity index (χ0n) is 17.7. The van der Waals surface area contributed by atoms with Gasteiger partial charge in [-0.25, -0.2) is 9.37 Å². The van der Waals surface area contributed by atoms with Gasteiger partial charge in [-0.2, -0.15) is 0 Å². The lowest BCUT2D eigenvalue weighted by Crippen LogP contribution is -2.26. The first kappa shape index (κ1) is 22.2. The van der Waals surface area contributed by atoms with E-state index >= 15 is 0 Å². The summed E-state index contributed by atoms with van der Waals surface area (Å²) in [5.41, 5.74) is 3.63. The van der Waals surface area contributed by atoms with E-state index < -0.39 is 0 Å². The van der Waals surface area contributed by atoms with Gasteiger partial charge in [-0.3, -0.25) is 9.36 Å². The molecule has 1 N–H and O–H groups in total. The molecule has 0 aliphatic carbocycles. The first-order valence-electron chi connectivity index (χ1n) is 10.1. The van der Waals surface area contributed by atoms with Crippen LogP contribution in [0.25, 0.3) is 5.69 Å². The van der Waals surface area contributed by atoms with Gasteiger partial charge in [0.25, 0.3) is 5.91 Å². The second-order valence-electron chi connectivity index (χ2n) is 7.18. The maximum Gasteiger partial charge on any atom is 0.270 e. The lowest BCUT2D eigenvalue weighted by molar-refractivity contribution is 0.0949. The maximum absolute atomic E-state index is 13.5. The van der Waals surface area contributed by atoms with Gasteiger partial charge in [0.05, 0.1) is 5.01 Å². The number of rotatable bonds is 8. The lowest BCUT2D eigenvalue weighted by Gasteiger charge is -2.11. The quantitative estimate of drug-likeness (QED) is 0.379. The fraction of sp³-hybridized carbons (Fsp3) is 0.217. The van der Waals surface area contributed by atoms with Gasteiger partial charge in [0.1, 0.15) is 17.3 Å². The molecule has 0 saturated carbocycles. The zero-order valence-corrected chi connectivity index (χ0v) is 19.3. The minimum Gasteiger partial charge on any atom is -0.350 e. The minimum atomic E-state index is -0.302. The molecule has 0 radical (unpaired) electrons. The van der Waals surface area contributed by atoms with Crippen molar-refractivity contribution in [3.63, 3.8) is 0 Å². The predicted octanol–water partition coefficient (Wildman–Crippen LogP) is 4.74. The number of hydrogen-bond donors (Lipinski definition) is 1. The Morgan fingerprint density at radius 1 is 1.12 bits per heavy atom. The van der Waals surface area contributed by atoms with E-state index in [0.717, 1.165) is 21.6 Å². The van der Waals surface area contributed by atoms with Crippen molar-refractivity contribution in [1.82, 2.24) is 25.1 Å². The first-order chi connectivity index (χ1) is 15.5. The van der Waals surface area contributed by atoms with Crippen LogP contribution < -0.4 is 5.32 Å². The van der Waals surface area contributed by atoms with Gasteiger partial charge < -0.3 is 5.32 Å². The summed E-state index contributed by atoms with van der Waals surface area (Å²) in [6.45, 7) is 4.33. The minimum absolute atomic E-state index is 0.212. The largest absolute Gasteiger partial charge is 0.350 e. The molecule has 0 bridgehead atoms. The molecule has 4 aromatic rings. The Labute approximate surface area is 193 Å². The second kappa shape index (κ2) is 10.1. The topological polar surface area (TPSA) is 72.7 Å². The summed E-state index contributed by atoms with van der Waals surface area (Å²) in [4.78, 5) is 16.5. The Morgan fingerprint density at radius 3 is 2.62 bits per heavy atom. The highest BCUT2D eigenvalue weighted by molar-refractivity contribution is 7.98. The Kier molecular flexibility index (Phi) is 6.96. The highest BCUT2D eigenvalue weighted by atomic mass is 32.2. The Morgan fingerprint density at radius 2 is 1.91 bits per heavy atom. The highest BCUT2D eigenvalue weighted by Crippen LogP contribution is 2.26. The van der Waals surface area contributed by atoms with E-state index in [1.165, 1.54) is 34.6 Å². The number of hydrogen-bond acceptors (Lipinski definition) is 6. The van der Waals surface area contributed by atoms with Gasteiger partial charge in [-0.15, -0.1) is 21.5 Å². The molecule has 32 heavy (non-hydrogen) atoms. The van der Waals surface area contributed by atoms with E-state index in [1.807, 2.05) is 23.6 Å². The number of thiazole rings is 1. The van der Waals surface area contributed by atoms with Gasteiger partial charge in [-0.05, 0) is 49.2 Å². The maximum atomic E-state index is 13.5. The van der Waals surface area contributed by atoms with Gasteiger partial charge in [0.2, 0.25) is 0 Å². The summed E-state index contributed by atoms with van der Waals surface area (Å²) in [6, 6.07) is 14.5. The van der Waals surface area contributed by atoms with E-state index in [1.54, 1.807) is 29.3 Å². The Hall–Kier alpha value is -3.04. The third-order valence-electron chi connectivity index (χ3n) is 4.89. The number of amides is 1. The van der Waals surface area contributed by atoms with Crippen LogP contribution in [0.1, 0.15) is 32.4 Å². The summed E-state index contributed by atoms with van der Waals surface area (Å²) >= 11 is 3.01. The summed E-state index contributed by atoms with van der Waals surface area (Å²) in [7, 11) is 0. The van der Waals surface area contributed by atoms with Crippen molar-refractivity contribution < 1.29 is 9.18 Å². The molecule has 2 aromatic heterocycles. The molecule has 0 saturated heterocycles. The molecular formula is C23H22FN5OS2. The van der Waals surface area contributed by atoms with Gasteiger partial charge in [0, 0.05) is 29.8 Å². The molecule has 0 aliphatic heterocycles. The van der Waals surface area contributed by atoms with Crippen LogP contribution in [0.5, 0.6) is 0 Å². The van der Waals surface area contributed by atoms with Crippen LogP contribution in [0.4, 0.5) is 4.39 Å². The average molecular weight is 468 g/mol. The van der Waals surface area contributed by atoms with Crippen LogP contribution in [0.2, 0.25) is 0 Å². The average Bonchev–Trinajstić information content (AvgIpc) is 3.40. The van der Waals surface area contributed by atoms with Crippen molar-refractivity contribution in [1.29, 1.82) is 0 Å². The number of halogens is 1. The Bertz CT molecular complexity index is 1220. The molecule has 9 heteroatoms. The lowest BCUT2D eigenvalue weighted by atomic mass is 10.1. The number of benzene rings is 2. The van der Waals surface area contributed by atoms with Gasteiger partial charge >= 0.3 is 0 Å². The monoisotopic (exact) mass is 467 g/mol. The molecule has 0 atom stereocenters. The van der Waals surface area contributed by atoms with Crippen LogP contribution >= 0.6 is 23.1 Å². The molecular weight excluding hydrogens is 445 g/mol. The smallest absolute Gasteiger partial charge is 0.270 e. The molecule has 4 rings (SSSR count). The van der Waals surface area contributed by atoms with Crippen LogP contribution in [0.15, 0.2) is 59.1 Å². The van der Waals surface area contributed by atoms with Gasteiger partial charge in [0.15, 0.2) is 5.16 Å². The van der Waals surface area contributed by atoms with Crippen LogP contribution in [-0.2, 0) is 12.2 Å². The second-order valence-corrected chi connectivity index (χ2v) is 9.19. The number of thioether (sulfide) groups is 1. The number of aryl methyl sites for hydroxylation is 2. The molecule has 2 aromatic carbocycles. The fourth-order valence-electron chi connectivity index (χ4n) is 3.17. The predicted molar refractivity (Wildman–Crippen MR) is 125 cm³/mol. The molecule has 0 unspecified atom stereocenters. The molecule has 1 amide bonds. The van der Waals surface area contributed by atoms with Crippen molar-refractivity contribution in [2.75, 3.05) is 6.54 Å². The summed E-state index contributed by atoms with van der Waals surface area (Å²) in [6.07, 6.45) is 0.476. The third kappa shape index (κ3) is 5.23. The summed E-state index contributed by atoms with van der Waals surface area (Å²) < 4.78 is 15.4. The van der Waals surface area contributed by atoms with E-state index in [0.29, 0.717) is 24.5 Å². The molecule has 2 heterocycles. The van der Waals surface area contributed by atoms with E-state index in [4.69, 9.17) is 0 Å². The fourth-order valence-corrected chi connectivity index (χ4v) is 4.81. The number of aromatic nitrogens is 4. The summed E-state index contributed by atoms with van der Waals surface area (Å²) in [5.74, 6) is 0.921. The van der Waals surface area contributed by atoms with E-state index in [2.05, 4.69) is 39.6 Å². The molecule has 0 aliphatic rings. The first-order valence-corrected chi connectivity index (χ1v) is 12.0. The number of carbonyl (C=O) groups excluding carboxylic acids is 1. The summed E-state index contributed by atoms with van der Waals surface area (Å²) in [5, 5.41) is 14.9. The van der Waals surface area contributed by atoms with Crippen molar-refractivity contribution in [2.45, 2.75) is 31.2 Å². The van der Waals surface area contributed by atoms with Crippen molar-refractivity contribution in [3.8, 4) is 5.69 Å².